The molecule has 1 atom stereocenters. The van der Waals surface area contributed by atoms with Gasteiger partial charge < -0.3 is 9.84 Å². The number of alkyl halides is 3. The zero-order valence-electron chi connectivity index (χ0n) is 7.80. The van der Waals surface area contributed by atoms with Crippen LogP contribution in [-0.2, 0) is 9.53 Å². The standard InChI is InChI=1S/C8H13F3O3/c1-14-3-2-6(4-7(12)13)5-8(9,10)11/h6H,2-5H2,1H3,(H,12,13). The SMILES string of the molecule is COCCC(CC(=O)O)CC(F)(F)F. The Kier molecular flexibility index (Phi) is 5.52. The lowest BCUT2D eigenvalue weighted by molar-refractivity contribution is -0.151. The van der Waals surface area contributed by atoms with Gasteiger partial charge in [-0.15, -0.1) is 0 Å². The highest BCUT2D eigenvalue weighted by atomic mass is 19.4. The van der Waals surface area contributed by atoms with E-state index in [1.54, 1.807) is 0 Å². The molecule has 0 aliphatic carbocycles. The maximum atomic E-state index is 11.9. The van der Waals surface area contributed by atoms with E-state index in [0.717, 1.165) is 0 Å². The molecule has 0 bridgehead atoms. The number of carboxylic acids is 1. The van der Waals surface area contributed by atoms with Crippen molar-refractivity contribution in [1.82, 2.24) is 0 Å². The van der Waals surface area contributed by atoms with Gasteiger partial charge in [0.05, 0.1) is 0 Å². The summed E-state index contributed by atoms with van der Waals surface area (Å²) in [4.78, 5) is 10.3. The number of halogens is 3. The van der Waals surface area contributed by atoms with Crippen LogP contribution < -0.4 is 0 Å². The van der Waals surface area contributed by atoms with Gasteiger partial charge in [-0.2, -0.15) is 13.2 Å². The van der Waals surface area contributed by atoms with Crippen LogP contribution in [0.2, 0.25) is 0 Å². The molecule has 0 saturated carbocycles. The summed E-state index contributed by atoms with van der Waals surface area (Å²) in [5.74, 6) is -2.11. The summed E-state index contributed by atoms with van der Waals surface area (Å²) in [5, 5.41) is 8.37. The number of aliphatic carboxylic acids is 1. The molecular formula is C8H13F3O3. The highest BCUT2D eigenvalue weighted by Crippen LogP contribution is 2.28. The van der Waals surface area contributed by atoms with Gasteiger partial charge in [-0.1, -0.05) is 0 Å². The minimum absolute atomic E-state index is 0.113. The second-order valence-corrected chi connectivity index (χ2v) is 3.06. The Morgan fingerprint density at radius 2 is 2.07 bits per heavy atom. The van der Waals surface area contributed by atoms with Crippen molar-refractivity contribution in [2.75, 3.05) is 13.7 Å². The number of ether oxygens (including phenoxy) is 1. The summed E-state index contributed by atoms with van der Waals surface area (Å²) < 4.78 is 40.5. The molecule has 84 valence electrons. The molecule has 14 heavy (non-hydrogen) atoms. The first-order valence-electron chi connectivity index (χ1n) is 4.12. The van der Waals surface area contributed by atoms with E-state index in [-0.39, 0.29) is 13.0 Å². The minimum atomic E-state index is -4.31. The second-order valence-electron chi connectivity index (χ2n) is 3.06. The summed E-state index contributed by atoms with van der Waals surface area (Å²) in [7, 11) is 1.37. The molecule has 0 fully saturated rings. The molecule has 0 aromatic heterocycles. The van der Waals surface area contributed by atoms with Gasteiger partial charge >= 0.3 is 12.1 Å². The first-order chi connectivity index (χ1) is 6.35. The van der Waals surface area contributed by atoms with Crippen molar-refractivity contribution in [3.05, 3.63) is 0 Å². The molecule has 1 N–H and O–H groups in total. The Labute approximate surface area is 79.9 Å². The van der Waals surface area contributed by atoms with Crippen molar-refractivity contribution in [2.24, 2.45) is 5.92 Å². The van der Waals surface area contributed by atoms with Crippen LogP contribution in [0.25, 0.3) is 0 Å². The Morgan fingerprint density at radius 1 is 1.50 bits per heavy atom. The molecule has 0 heterocycles. The molecule has 3 nitrogen and oxygen atoms in total. The minimum Gasteiger partial charge on any atom is -0.481 e. The predicted octanol–water partition coefficient (Wildman–Crippen LogP) is 2.07. The molecule has 6 heteroatoms. The molecule has 1 unspecified atom stereocenters. The third-order valence-corrected chi connectivity index (χ3v) is 1.71. The topological polar surface area (TPSA) is 46.5 Å². The smallest absolute Gasteiger partial charge is 0.389 e. The van der Waals surface area contributed by atoms with Gasteiger partial charge in [-0.25, -0.2) is 0 Å². The van der Waals surface area contributed by atoms with Crippen molar-refractivity contribution < 1.29 is 27.8 Å². The van der Waals surface area contributed by atoms with E-state index in [9.17, 15) is 18.0 Å². The average molecular weight is 214 g/mol. The number of carbonyl (C=O) groups is 1. The summed E-state index contributed by atoms with van der Waals surface area (Å²) in [6.45, 7) is 0.147. The van der Waals surface area contributed by atoms with E-state index in [0.29, 0.717) is 0 Å². The van der Waals surface area contributed by atoms with E-state index >= 15 is 0 Å². The number of methoxy groups -OCH3 is 1. The fourth-order valence-corrected chi connectivity index (χ4v) is 1.14. The number of rotatable bonds is 6. The third kappa shape index (κ3) is 7.85. The van der Waals surface area contributed by atoms with Gasteiger partial charge in [0.2, 0.25) is 0 Å². The van der Waals surface area contributed by atoms with Crippen LogP contribution in [-0.4, -0.2) is 31.0 Å². The van der Waals surface area contributed by atoms with E-state index in [2.05, 4.69) is 4.74 Å². The van der Waals surface area contributed by atoms with Gasteiger partial charge in [0, 0.05) is 26.6 Å². The Morgan fingerprint density at radius 3 is 2.43 bits per heavy atom. The van der Waals surface area contributed by atoms with Gasteiger partial charge in [-0.3, -0.25) is 4.79 Å². The fourth-order valence-electron chi connectivity index (χ4n) is 1.14. The largest absolute Gasteiger partial charge is 0.481 e. The lowest BCUT2D eigenvalue weighted by Gasteiger charge is -2.16. The number of carboxylic acid groups (broad SMARTS) is 1. The normalized spacial score (nSPS) is 14.0. The van der Waals surface area contributed by atoms with Crippen molar-refractivity contribution in [1.29, 1.82) is 0 Å². The zero-order chi connectivity index (χ0) is 11.2. The summed E-state index contributed by atoms with van der Waals surface area (Å²) in [6.07, 6.45) is -5.73. The summed E-state index contributed by atoms with van der Waals surface area (Å²) in [5.41, 5.74) is 0. The number of hydrogen-bond donors (Lipinski definition) is 1. The zero-order valence-corrected chi connectivity index (χ0v) is 7.80. The lowest BCUT2D eigenvalue weighted by atomic mass is 9.98. The van der Waals surface area contributed by atoms with E-state index < -0.39 is 30.9 Å². The second kappa shape index (κ2) is 5.85. The molecular weight excluding hydrogens is 201 g/mol. The number of hydrogen-bond acceptors (Lipinski definition) is 2. The lowest BCUT2D eigenvalue weighted by Crippen LogP contribution is -2.19. The van der Waals surface area contributed by atoms with Crippen LogP contribution in [0.15, 0.2) is 0 Å². The van der Waals surface area contributed by atoms with Crippen LogP contribution in [0.1, 0.15) is 19.3 Å². The van der Waals surface area contributed by atoms with Gasteiger partial charge in [0.1, 0.15) is 0 Å². The van der Waals surface area contributed by atoms with Crippen LogP contribution in [0.5, 0.6) is 0 Å². The Bertz CT molecular complexity index is 179. The van der Waals surface area contributed by atoms with Gasteiger partial charge in [0.25, 0.3) is 0 Å². The maximum Gasteiger partial charge on any atom is 0.389 e. The highest BCUT2D eigenvalue weighted by Gasteiger charge is 2.32. The molecule has 0 aromatic carbocycles. The molecule has 0 aromatic rings. The molecule has 0 spiro atoms. The molecule has 0 rings (SSSR count). The van der Waals surface area contributed by atoms with Crippen LogP contribution in [0.3, 0.4) is 0 Å². The molecule has 0 saturated heterocycles. The van der Waals surface area contributed by atoms with Crippen molar-refractivity contribution >= 4 is 5.97 Å². The third-order valence-electron chi connectivity index (χ3n) is 1.71. The fraction of sp³-hybridized carbons (Fsp3) is 0.875. The van der Waals surface area contributed by atoms with E-state index in [4.69, 9.17) is 5.11 Å². The Balaban J connectivity index is 4.03. The van der Waals surface area contributed by atoms with Crippen LogP contribution in [0.4, 0.5) is 13.2 Å². The summed E-state index contributed by atoms with van der Waals surface area (Å²) >= 11 is 0. The van der Waals surface area contributed by atoms with Crippen LogP contribution >= 0.6 is 0 Å². The highest BCUT2D eigenvalue weighted by molar-refractivity contribution is 5.67. The van der Waals surface area contributed by atoms with E-state index in [1.807, 2.05) is 0 Å². The molecule has 0 amide bonds. The molecule has 0 aliphatic heterocycles. The summed E-state index contributed by atoms with van der Waals surface area (Å²) in [6, 6.07) is 0. The maximum absolute atomic E-state index is 11.9. The van der Waals surface area contributed by atoms with Gasteiger partial charge in [0.15, 0.2) is 0 Å². The first kappa shape index (κ1) is 13.2. The molecule has 0 radical (unpaired) electrons. The monoisotopic (exact) mass is 214 g/mol. The first-order valence-corrected chi connectivity index (χ1v) is 4.12. The average Bonchev–Trinajstić information content (AvgIpc) is 1.96. The van der Waals surface area contributed by atoms with Crippen molar-refractivity contribution in [3.63, 3.8) is 0 Å². The quantitative estimate of drug-likeness (QED) is 0.736. The van der Waals surface area contributed by atoms with Crippen molar-refractivity contribution in [2.45, 2.75) is 25.4 Å². The Hall–Kier alpha value is -0.780. The van der Waals surface area contributed by atoms with Crippen molar-refractivity contribution in [3.8, 4) is 0 Å². The van der Waals surface area contributed by atoms with Gasteiger partial charge in [-0.05, 0) is 12.3 Å². The van der Waals surface area contributed by atoms with E-state index in [1.165, 1.54) is 7.11 Å². The van der Waals surface area contributed by atoms with Crippen LogP contribution in [0, 0.1) is 5.92 Å². The molecule has 0 aliphatic rings. The predicted molar refractivity (Wildman–Crippen MR) is 42.9 cm³/mol.